The predicted octanol–water partition coefficient (Wildman–Crippen LogP) is 0.734. The minimum Gasteiger partial charge on any atom is -0.465 e. The fourth-order valence-corrected chi connectivity index (χ4v) is 2.41. The molecule has 2 saturated carbocycles. The summed E-state index contributed by atoms with van der Waals surface area (Å²) in [6.45, 7) is 3.60. The van der Waals surface area contributed by atoms with Crippen molar-refractivity contribution in [1.82, 2.24) is 0 Å². The first kappa shape index (κ1) is 10.3. The number of esters is 1. The summed E-state index contributed by atoms with van der Waals surface area (Å²) in [5.41, 5.74) is -1.06. The average Bonchev–Trinajstić information content (AvgIpc) is 2.95. The van der Waals surface area contributed by atoms with E-state index in [0.29, 0.717) is 6.42 Å². The third-order valence-corrected chi connectivity index (χ3v) is 3.56. The average molecular weight is 210 g/mol. The maximum atomic E-state index is 11.8. The minimum absolute atomic E-state index is 0.00762. The molecule has 0 aromatic rings. The monoisotopic (exact) mass is 210 g/mol. The first-order valence-electron chi connectivity index (χ1n) is 5.25. The topological polar surface area (TPSA) is 60.4 Å². The zero-order valence-corrected chi connectivity index (χ0v) is 8.91. The van der Waals surface area contributed by atoms with E-state index in [4.69, 9.17) is 4.74 Å². The summed E-state index contributed by atoms with van der Waals surface area (Å²) in [6, 6.07) is 0. The molecule has 0 aliphatic heterocycles. The normalized spacial score (nSPS) is 38.5. The van der Waals surface area contributed by atoms with Crippen molar-refractivity contribution in [1.29, 1.82) is 0 Å². The van der Waals surface area contributed by atoms with Crippen LogP contribution in [0, 0.1) is 17.3 Å². The Kier molecular flexibility index (Phi) is 2.17. The van der Waals surface area contributed by atoms with E-state index < -0.39 is 11.4 Å². The summed E-state index contributed by atoms with van der Waals surface area (Å²) >= 11 is 0. The van der Waals surface area contributed by atoms with Crippen molar-refractivity contribution in [2.24, 2.45) is 17.3 Å². The van der Waals surface area contributed by atoms with Gasteiger partial charge in [0.05, 0.1) is 13.0 Å². The number of carbonyl (C=O) groups is 3. The highest BCUT2D eigenvalue weighted by atomic mass is 16.5. The number of ketones is 2. The third kappa shape index (κ3) is 1.31. The van der Waals surface area contributed by atoms with Crippen LogP contribution < -0.4 is 0 Å². The van der Waals surface area contributed by atoms with Gasteiger partial charge in [0.25, 0.3) is 0 Å². The van der Waals surface area contributed by atoms with Crippen LogP contribution in [-0.4, -0.2) is 24.1 Å². The number of hydrogen-bond donors (Lipinski definition) is 0. The molecule has 0 bridgehead atoms. The number of rotatable bonds is 2. The Balaban J connectivity index is 2.24. The molecule has 0 radical (unpaired) electrons. The Morgan fingerprint density at radius 3 is 2.80 bits per heavy atom. The summed E-state index contributed by atoms with van der Waals surface area (Å²) in [5.74, 6) is -0.922. The van der Waals surface area contributed by atoms with E-state index in [9.17, 15) is 14.4 Å². The van der Waals surface area contributed by atoms with E-state index >= 15 is 0 Å². The molecular formula is C11H14O4. The van der Waals surface area contributed by atoms with Crippen molar-refractivity contribution in [3.63, 3.8) is 0 Å². The molecule has 15 heavy (non-hydrogen) atoms. The minimum atomic E-state index is -1.06. The zero-order chi connectivity index (χ0) is 11.2. The van der Waals surface area contributed by atoms with Gasteiger partial charge in [-0.15, -0.1) is 0 Å². The first-order chi connectivity index (χ1) is 7.01. The van der Waals surface area contributed by atoms with Gasteiger partial charge in [-0.1, -0.05) is 0 Å². The van der Waals surface area contributed by atoms with E-state index in [0.717, 1.165) is 0 Å². The Bertz CT molecular complexity index is 346. The maximum Gasteiger partial charge on any atom is 0.319 e. The van der Waals surface area contributed by atoms with Crippen LogP contribution in [0.5, 0.6) is 0 Å². The predicted molar refractivity (Wildman–Crippen MR) is 51.0 cm³/mol. The summed E-state index contributed by atoms with van der Waals surface area (Å²) in [7, 11) is 0. The van der Waals surface area contributed by atoms with Gasteiger partial charge in [-0.25, -0.2) is 0 Å². The molecule has 0 N–H and O–H groups in total. The lowest BCUT2D eigenvalue weighted by molar-refractivity contribution is -0.162. The molecular weight excluding hydrogens is 196 g/mol. The number of hydrogen-bond acceptors (Lipinski definition) is 4. The Labute approximate surface area is 88.0 Å². The largest absolute Gasteiger partial charge is 0.465 e. The van der Waals surface area contributed by atoms with Crippen molar-refractivity contribution in [2.75, 3.05) is 6.61 Å². The smallest absolute Gasteiger partial charge is 0.319 e. The SMILES string of the molecule is CCOC(=O)[C@@]1(C)C(=O)CC(=O)[C@@H]2C[C@@H]21. The van der Waals surface area contributed by atoms with Gasteiger partial charge in [0.15, 0.2) is 5.78 Å². The Morgan fingerprint density at radius 1 is 1.53 bits per heavy atom. The first-order valence-corrected chi connectivity index (χ1v) is 5.25. The van der Waals surface area contributed by atoms with Gasteiger partial charge >= 0.3 is 5.97 Å². The van der Waals surface area contributed by atoms with Crippen LogP contribution in [0.15, 0.2) is 0 Å². The molecule has 4 nitrogen and oxygen atoms in total. The molecule has 2 aliphatic rings. The van der Waals surface area contributed by atoms with Crippen LogP contribution in [-0.2, 0) is 19.1 Å². The summed E-state index contributed by atoms with van der Waals surface area (Å²) < 4.78 is 4.92. The van der Waals surface area contributed by atoms with Crippen LogP contribution in [0.2, 0.25) is 0 Å². The van der Waals surface area contributed by atoms with E-state index in [-0.39, 0.29) is 36.4 Å². The Morgan fingerprint density at radius 2 is 2.20 bits per heavy atom. The van der Waals surface area contributed by atoms with Crippen LogP contribution in [0.3, 0.4) is 0 Å². The van der Waals surface area contributed by atoms with Gasteiger partial charge in [-0.05, 0) is 26.2 Å². The second kappa shape index (κ2) is 3.15. The summed E-state index contributed by atoms with van der Waals surface area (Å²) in [6.07, 6.45) is 0.566. The van der Waals surface area contributed by atoms with Gasteiger partial charge in [0, 0.05) is 5.92 Å². The van der Waals surface area contributed by atoms with E-state index in [2.05, 4.69) is 0 Å². The van der Waals surface area contributed by atoms with E-state index in [1.165, 1.54) is 0 Å². The van der Waals surface area contributed by atoms with Gasteiger partial charge < -0.3 is 4.74 Å². The standard InChI is InChI=1S/C11H14O4/c1-3-15-10(14)11(2)7-4-6(7)8(12)5-9(11)13/h6-7H,3-5H2,1-2H3/t6-,7+,11-/m1/s1. The van der Waals surface area contributed by atoms with E-state index in [1.54, 1.807) is 13.8 Å². The van der Waals surface area contributed by atoms with Gasteiger partial charge in [0.1, 0.15) is 11.2 Å². The molecule has 0 heterocycles. The van der Waals surface area contributed by atoms with Gasteiger partial charge in [-0.3, -0.25) is 14.4 Å². The highest BCUT2D eigenvalue weighted by Gasteiger charge is 2.64. The number of carbonyl (C=O) groups excluding carboxylic acids is 3. The third-order valence-electron chi connectivity index (χ3n) is 3.56. The van der Waals surface area contributed by atoms with Gasteiger partial charge in [-0.2, -0.15) is 0 Å². The second-order valence-corrected chi connectivity index (χ2v) is 4.44. The van der Waals surface area contributed by atoms with Crippen molar-refractivity contribution in [3.8, 4) is 0 Å². The summed E-state index contributed by atoms with van der Waals surface area (Å²) in [4.78, 5) is 34.8. The van der Waals surface area contributed by atoms with Crippen LogP contribution in [0.1, 0.15) is 26.7 Å². The van der Waals surface area contributed by atoms with Crippen LogP contribution >= 0.6 is 0 Å². The molecule has 0 amide bonds. The number of ether oxygens (including phenoxy) is 1. The molecule has 3 atom stereocenters. The maximum absolute atomic E-state index is 11.8. The molecule has 2 rings (SSSR count). The molecule has 2 aliphatic carbocycles. The van der Waals surface area contributed by atoms with Crippen molar-refractivity contribution in [2.45, 2.75) is 26.7 Å². The Hall–Kier alpha value is -1.19. The lowest BCUT2D eigenvalue weighted by Gasteiger charge is -2.28. The number of Topliss-reactive ketones (excluding diaryl/α,β-unsaturated/α-hetero) is 2. The number of fused-ring (bicyclic) bond motifs is 1. The fraction of sp³-hybridized carbons (Fsp3) is 0.727. The fourth-order valence-electron chi connectivity index (χ4n) is 2.41. The molecule has 0 unspecified atom stereocenters. The second-order valence-electron chi connectivity index (χ2n) is 4.44. The van der Waals surface area contributed by atoms with Crippen molar-refractivity contribution >= 4 is 17.5 Å². The van der Waals surface area contributed by atoms with Crippen molar-refractivity contribution < 1.29 is 19.1 Å². The van der Waals surface area contributed by atoms with Crippen LogP contribution in [0.25, 0.3) is 0 Å². The molecule has 0 aromatic carbocycles. The molecule has 4 heteroatoms. The van der Waals surface area contributed by atoms with Crippen LogP contribution in [0.4, 0.5) is 0 Å². The van der Waals surface area contributed by atoms with Gasteiger partial charge in [0.2, 0.25) is 0 Å². The highest BCUT2D eigenvalue weighted by Crippen LogP contribution is 2.56. The molecule has 0 aromatic heterocycles. The van der Waals surface area contributed by atoms with Crippen molar-refractivity contribution in [3.05, 3.63) is 0 Å². The zero-order valence-electron chi connectivity index (χ0n) is 8.91. The molecule has 2 fully saturated rings. The summed E-state index contributed by atoms with van der Waals surface area (Å²) in [5, 5.41) is 0. The highest BCUT2D eigenvalue weighted by molar-refractivity contribution is 6.15. The lowest BCUT2D eigenvalue weighted by Crippen LogP contribution is -2.44. The molecule has 0 spiro atoms. The molecule has 82 valence electrons. The molecule has 0 saturated heterocycles. The van der Waals surface area contributed by atoms with E-state index in [1.807, 2.05) is 0 Å². The lowest BCUT2D eigenvalue weighted by atomic mass is 9.73. The quantitative estimate of drug-likeness (QED) is 0.498.